The fraction of sp³-hybridized carbons (Fsp3) is 0.167. The summed E-state index contributed by atoms with van der Waals surface area (Å²) in [6.45, 7) is 3.57. The third kappa shape index (κ3) is 4.64. The Labute approximate surface area is 164 Å². The number of hydrogen-bond acceptors (Lipinski definition) is 5. The van der Waals surface area contributed by atoms with E-state index in [0.717, 1.165) is 11.3 Å². The van der Waals surface area contributed by atoms with Crippen LogP contribution < -0.4 is 5.32 Å². The molecule has 1 heterocycles. The standard InChI is InChI=1S/C18H14Cl2N2O3S/c1-3-25-18(24)16-10(2)12(9-21)17(26-16)22-15(23)7-5-11-4-6-13(19)14(20)8-11/h4-8H,3H2,1-2H3,(H,22,23). The minimum absolute atomic E-state index is 0.228. The van der Waals surface area contributed by atoms with Crippen LogP contribution in [0.3, 0.4) is 0 Å². The van der Waals surface area contributed by atoms with Crippen molar-refractivity contribution >= 4 is 57.5 Å². The molecule has 8 heteroatoms. The summed E-state index contributed by atoms with van der Waals surface area (Å²) in [6.07, 6.45) is 2.87. The minimum Gasteiger partial charge on any atom is -0.462 e. The Kier molecular flexibility index (Phi) is 6.81. The first-order valence-corrected chi connectivity index (χ1v) is 9.09. The van der Waals surface area contributed by atoms with Gasteiger partial charge in [-0.15, -0.1) is 11.3 Å². The summed E-state index contributed by atoms with van der Waals surface area (Å²) >= 11 is 12.8. The smallest absolute Gasteiger partial charge is 0.348 e. The number of amides is 1. The van der Waals surface area contributed by atoms with Gasteiger partial charge in [-0.05, 0) is 43.2 Å². The van der Waals surface area contributed by atoms with Crippen LogP contribution in [-0.4, -0.2) is 18.5 Å². The predicted octanol–water partition coefficient (Wildman–Crippen LogP) is 5.06. The number of nitriles is 1. The van der Waals surface area contributed by atoms with Crippen LogP contribution in [0.2, 0.25) is 10.0 Å². The fourth-order valence-corrected chi connectivity index (χ4v) is 3.43. The maximum Gasteiger partial charge on any atom is 0.348 e. The minimum atomic E-state index is -0.515. The number of anilines is 1. The van der Waals surface area contributed by atoms with Crippen LogP contribution in [0.1, 0.15) is 33.3 Å². The zero-order valence-electron chi connectivity index (χ0n) is 13.9. The lowest BCUT2D eigenvalue weighted by molar-refractivity contribution is -0.111. The summed E-state index contributed by atoms with van der Waals surface area (Å²) in [5.74, 6) is -0.956. The predicted molar refractivity (Wildman–Crippen MR) is 104 cm³/mol. The van der Waals surface area contributed by atoms with E-state index in [9.17, 15) is 14.9 Å². The number of hydrogen-bond donors (Lipinski definition) is 1. The molecule has 0 unspecified atom stereocenters. The highest BCUT2D eigenvalue weighted by Gasteiger charge is 2.21. The number of benzene rings is 1. The van der Waals surface area contributed by atoms with Gasteiger partial charge in [-0.1, -0.05) is 29.3 Å². The normalized spacial score (nSPS) is 10.6. The Hall–Kier alpha value is -2.33. The van der Waals surface area contributed by atoms with Crippen molar-refractivity contribution in [3.63, 3.8) is 0 Å². The van der Waals surface area contributed by atoms with Gasteiger partial charge in [0.15, 0.2) is 0 Å². The number of halogens is 2. The number of carbonyl (C=O) groups is 2. The molecular formula is C18H14Cl2N2O3S. The Morgan fingerprint density at radius 1 is 1.35 bits per heavy atom. The second-order valence-electron chi connectivity index (χ2n) is 5.09. The number of carbonyl (C=O) groups excluding carboxylic acids is 2. The molecule has 0 fully saturated rings. The van der Waals surface area contributed by atoms with E-state index >= 15 is 0 Å². The lowest BCUT2D eigenvalue weighted by Crippen LogP contribution is -2.07. The lowest BCUT2D eigenvalue weighted by Gasteiger charge is -2.00. The van der Waals surface area contributed by atoms with E-state index in [1.807, 2.05) is 6.07 Å². The monoisotopic (exact) mass is 408 g/mol. The van der Waals surface area contributed by atoms with Gasteiger partial charge in [0.1, 0.15) is 15.9 Å². The van der Waals surface area contributed by atoms with Gasteiger partial charge in [-0.2, -0.15) is 5.26 Å². The Morgan fingerprint density at radius 2 is 2.08 bits per heavy atom. The first-order valence-electron chi connectivity index (χ1n) is 7.52. The Balaban J connectivity index is 2.19. The summed E-state index contributed by atoms with van der Waals surface area (Å²) in [6, 6.07) is 6.98. The van der Waals surface area contributed by atoms with E-state index < -0.39 is 11.9 Å². The average molecular weight is 409 g/mol. The van der Waals surface area contributed by atoms with Gasteiger partial charge >= 0.3 is 5.97 Å². The van der Waals surface area contributed by atoms with Gasteiger partial charge in [0, 0.05) is 6.08 Å². The van der Waals surface area contributed by atoms with E-state index in [1.165, 1.54) is 6.08 Å². The maximum absolute atomic E-state index is 12.1. The first kappa shape index (κ1) is 20.0. The Bertz CT molecular complexity index is 929. The van der Waals surface area contributed by atoms with Crippen molar-refractivity contribution in [3.05, 3.63) is 55.9 Å². The van der Waals surface area contributed by atoms with Crippen molar-refractivity contribution in [2.45, 2.75) is 13.8 Å². The van der Waals surface area contributed by atoms with E-state index in [1.54, 1.807) is 38.1 Å². The molecule has 0 atom stereocenters. The third-order valence-electron chi connectivity index (χ3n) is 3.33. The van der Waals surface area contributed by atoms with Crippen LogP contribution in [0.5, 0.6) is 0 Å². The molecule has 0 saturated heterocycles. The second-order valence-corrected chi connectivity index (χ2v) is 6.92. The van der Waals surface area contributed by atoms with Crippen molar-refractivity contribution in [3.8, 4) is 6.07 Å². The van der Waals surface area contributed by atoms with E-state index in [-0.39, 0.29) is 12.2 Å². The summed E-state index contributed by atoms with van der Waals surface area (Å²) in [7, 11) is 0. The molecule has 2 aromatic rings. The summed E-state index contributed by atoms with van der Waals surface area (Å²) in [4.78, 5) is 24.4. The molecule has 0 aliphatic carbocycles. The molecule has 2 rings (SSSR count). The van der Waals surface area contributed by atoms with Crippen LogP contribution in [0.4, 0.5) is 5.00 Å². The van der Waals surface area contributed by atoms with Gasteiger partial charge in [-0.3, -0.25) is 4.79 Å². The first-order chi connectivity index (χ1) is 12.4. The number of nitrogens with zero attached hydrogens (tertiary/aromatic N) is 1. The zero-order chi connectivity index (χ0) is 19.3. The van der Waals surface area contributed by atoms with Gasteiger partial charge in [0.2, 0.25) is 5.91 Å². The van der Waals surface area contributed by atoms with Crippen LogP contribution >= 0.6 is 34.5 Å². The van der Waals surface area contributed by atoms with Crippen LogP contribution in [-0.2, 0) is 9.53 Å². The maximum atomic E-state index is 12.1. The fourth-order valence-electron chi connectivity index (χ4n) is 2.07. The lowest BCUT2D eigenvalue weighted by atomic mass is 10.1. The molecular weight excluding hydrogens is 395 g/mol. The third-order valence-corrected chi connectivity index (χ3v) is 5.25. The number of rotatable bonds is 5. The van der Waals surface area contributed by atoms with Gasteiger partial charge in [-0.25, -0.2) is 4.79 Å². The number of nitrogens with one attached hydrogen (secondary N) is 1. The molecule has 0 radical (unpaired) electrons. The SMILES string of the molecule is CCOC(=O)c1sc(NC(=O)C=Cc2ccc(Cl)c(Cl)c2)c(C#N)c1C. The Morgan fingerprint density at radius 3 is 2.69 bits per heavy atom. The molecule has 1 amide bonds. The molecule has 1 aromatic carbocycles. The molecule has 0 bridgehead atoms. The zero-order valence-corrected chi connectivity index (χ0v) is 16.3. The molecule has 0 aliphatic rings. The van der Waals surface area contributed by atoms with Gasteiger partial charge in [0.25, 0.3) is 0 Å². The van der Waals surface area contributed by atoms with Crippen molar-refractivity contribution in [2.75, 3.05) is 11.9 Å². The van der Waals surface area contributed by atoms with E-state index in [2.05, 4.69) is 5.32 Å². The second kappa shape index (κ2) is 8.86. The average Bonchev–Trinajstić information content (AvgIpc) is 2.91. The van der Waals surface area contributed by atoms with E-state index in [0.29, 0.717) is 31.1 Å². The largest absolute Gasteiger partial charge is 0.462 e. The summed E-state index contributed by atoms with van der Waals surface area (Å²) in [5.41, 5.74) is 1.43. The quantitative estimate of drug-likeness (QED) is 0.553. The van der Waals surface area contributed by atoms with Crippen LogP contribution in [0.15, 0.2) is 24.3 Å². The van der Waals surface area contributed by atoms with Crippen molar-refractivity contribution in [1.82, 2.24) is 0 Å². The highest BCUT2D eigenvalue weighted by Crippen LogP contribution is 2.33. The van der Waals surface area contributed by atoms with Gasteiger partial charge in [0.05, 0.1) is 22.2 Å². The van der Waals surface area contributed by atoms with Crippen molar-refractivity contribution < 1.29 is 14.3 Å². The topological polar surface area (TPSA) is 79.2 Å². The molecule has 1 N–H and O–H groups in total. The molecule has 0 aliphatic heterocycles. The molecule has 26 heavy (non-hydrogen) atoms. The number of esters is 1. The number of ether oxygens (including phenoxy) is 1. The van der Waals surface area contributed by atoms with Crippen LogP contribution in [0.25, 0.3) is 6.08 Å². The molecule has 134 valence electrons. The molecule has 0 spiro atoms. The van der Waals surface area contributed by atoms with Gasteiger partial charge < -0.3 is 10.1 Å². The molecule has 0 saturated carbocycles. The highest BCUT2D eigenvalue weighted by molar-refractivity contribution is 7.18. The van der Waals surface area contributed by atoms with Crippen molar-refractivity contribution in [2.24, 2.45) is 0 Å². The highest BCUT2D eigenvalue weighted by atomic mass is 35.5. The summed E-state index contributed by atoms with van der Waals surface area (Å²) < 4.78 is 4.96. The summed E-state index contributed by atoms with van der Waals surface area (Å²) in [5, 5.41) is 13.0. The molecule has 5 nitrogen and oxygen atoms in total. The van der Waals surface area contributed by atoms with E-state index in [4.69, 9.17) is 27.9 Å². The number of thiophene rings is 1. The van der Waals surface area contributed by atoms with Crippen molar-refractivity contribution in [1.29, 1.82) is 5.26 Å². The molecule has 1 aromatic heterocycles. The van der Waals surface area contributed by atoms with Crippen LogP contribution in [0, 0.1) is 18.3 Å².